The largest absolute Gasteiger partial charge is 0.467 e. The Morgan fingerprint density at radius 1 is 1.25 bits per heavy atom. The highest BCUT2D eigenvalue weighted by Crippen LogP contribution is 2.11. The van der Waals surface area contributed by atoms with Crippen LogP contribution in [-0.4, -0.2) is 46.9 Å². The maximum atomic E-state index is 12.0. The number of anilines is 1. The number of nitrogens with one attached hydrogen (secondary N) is 2. The summed E-state index contributed by atoms with van der Waals surface area (Å²) in [5.74, 6) is -0.551. The molecule has 0 aliphatic rings. The van der Waals surface area contributed by atoms with Crippen LogP contribution in [0.1, 0.15) is 19.4 Å². The number of nitrogens with zero attached hydrogens (tertiary/aromatic N) is 1. The van der Waals surface area contributed by atoms with Gasteiger partial charge in [-0.1, -0.05) is 29.1 Å². The van der Waals surface area contributed by atoms with E-state index in [0.717, 1.165) is 11.8 Å². The van der Waals surface area contributed by atoms with Gasteiger partial charge in [0.1, 0.15) is 6.04 Å². The minimum absolute atomic E-state index is 0.0839. The smallest absolute Gasteiger partial charge is 0.329 e. The third kappa shape index (κ3) is 6.29. The molecule has 24 heavy (non-hydrogen) atoms. The molecule has 1 unspecified atom stereocenters. The van der Waals surface area contributed by atoms with Crippen LogP contribution in [0.25, 0.3) is 0 Å². The van der Waals surface area contributed by atoms with Crippen molar-refractivity contribution in [1.82, 2.24) is 5.32 Å². The first-order chi connectivity index (χ1) is 11.4. The van der Waals surface area contributed by atoms with E-state index in [2.05, 4.69) is 20.5 Å². The molecule has 0 saturated carbocycles. The van der Waals surface area contributed by atoms with Crippen LogP contribution >= 0.6 is 11.8 Å². The van der Waals surface area contributed by atoms with E-state index in [4.69, 9.17) is 5.21 Å². The van der Waals surface area contributed by atoms with Gasteiger partial charge in [0.2, 0.25) is 0 Å². The highest BCUT2D eigenvalue weighted by atomic mass is 32.2. The van der Waals surface area contributed by atoms with E-state index in [-0.39, 0.29) is 10.9 Å². The number of esters is 1. The van der Waals surface area contributed by atoms with Crippen LogP contribution in [0, 0.1) is 0 Å². The molecule has 0 spiro atoms. The quantitative estimate of drug-likeness (QED) is 0.311. The van der Waals surface area contributed by atoms with Crippen molar-refractivity contribution in [3.05, 3.63) is 29.8 Å². The van der Waals surface area contributed by atoms with Crippen LogP contribution < -0.4 is 10.6 Å². The Balaban J connectivity index is 2.67. The van der Waals surface area contributed by atoms with Gasteiger partial charge in [-0.3, -0.25) is 4.79 Å². The molecular weight excluding hydrogens is 334 g/mol. The summed E-state index contributed by atoms with van der Waals surface area (Å²) in [4.78, 5) is 34.6. The SMILES string of the molecule is COC(=O)C(CSC(C)=O)NC(=O)Nc1ccc(C(C)=NO)cc1. The molecule has 0 heterocycles. The highest BCUT2D eigenvalue weighted by molar-refractivity contribution is 8.13. The monoisotopic (exact) mass is 353 g/mol. The van der Waals surface area contributed by atoms with Gasteiger partial charge in [-0.2, -0.15) is 0 Å². The minimum atomic E-state index is -0.938. The molecule has 0 saturated heterocycles. The van der Waals surface area contributed by atoms with Crippen LogP contribution in [0.3, 0.4) is 0 Å². The third-order valence-electron chi connectivity index (χ3n) is 2.95. The fourth-order valence-electron chi connectivity index (χ4n) is 1.69. The Bertz CT molecular complexity index is 631. The van der Waals surface area contributed by atoms with E-state index in [1.165, 1.54) is 14.0 Å². The van der Waals surface area contributed by atoms with E-state index in [0.29, 0.717) is 17.0 Å². The average Bonchev–Trinajstić information content (AvgIpc) is 2.57. The maximum absolute atomic E-state index is 12.0. The molecule has 0 fully saturated rings. The van der Waals surface area contributed by atoms with Gasteiger partial charge in [-0.15, -0.1) is 0 Å². The predicted octanol–water partition coefficient (Wildman–Crippen LogP) is 1.83. The molecule has 3 N–H and O–H groups in total. The summed E-state index contributed by atoms with van der Waals surface area (Å²) >= 11 is 0.920. The van der Waals surface area contributed by atoms with Crippen molar-refractivity contribution in [1.29, 1.82) is 0 Å². The average molecular weight is 353 g/mol. The Morgan fingerprint density at radius 2 is 1.88 bits per heavy atom. The molecule has 2 amide bonds. The lowest BCUT2D eigenvalue weighted by Crippen LogP contribution is -2.45. The number of carbonyl (C=O) groups excluding carboxylic acids is 3. The van der Waals surface area contributed by atoms with Gasteiger partial charge in [0, 0.05) is 18.4 Å². The Morgan fingerprint density at radius 3 is 2.38 bits per heavy atom. The number of carbonyl (C=O) groups is 3. The van der Waals surface area contributed by atoms with Gasteiger partial charge in [0.25, 0.3) is 0 Å². The zero-order chi connectivity index (χ0) is 18.1. The van der Waals surface area contributed by atoms with Crippen molar-refractivity contribution in [2.75, 3.05) is 18.2 Å². The molecule has 0 bridgehead atoms. The number of hydrogen-bond donors (Lipinski definition) is 3. The summed E-state index contributed by atoms with van der Waals surface area (Å²) < 4.78 is 4.61. The minimum Gasteiger partial charge on any atom is -0.467 e. The zero-order valence-corrected chi connectivity index (χ0v) is 14.3. The second-order valence-corrected chi connectivity index (χ2v) is 5.94. The summed E-state index contributed by atoms with van der Waals surface area (Å²) in [5, 5.41) is 16.7. The molecule has 0 aliphatic carbocycles. The number of methoxy groups -OCH3 is 1. The first kappa shape index (κ1) is 19.5. The van der Waals surface area contributed by atoms with Crippen molar-refractivity contribution in [3.63, 3.8) is 0 Å². The summed E-state index contributed by atoms with van der Waals surface area (Å²) in [7, 11) is 1.21. The number of benzene rings is 1. The number of urea groups is 1. The van der Waals surface area contributed by atoms with Crippen LogP contribution in [0.4, 0.5) is 10.5 Å². The van der Waals surface area contributed by atoms with Gasteiger partial charge in [0.15, 0.2) is 5.12 Å². The van der Waals surface area contributed by atoms with E-state index in [1.807, 2.05) is 0 Å². The number of ether oxygens (including phenoxy) is 1. The van der Waals surface area contributed by atoms with Crippen molar-refractivity contribution in [3.8, 4) is 0 Å². The van der Waals surface area contributed by atoms with Crippen molar-refractivity contribution >= 4 is 40.3 Å². The molecule has 1 aromatic rings. The van der Waals surface area contributed by atoms with Gasteiger partial charge < -0.3 is 20.6 Å². The molecule has 0 radical (unpaired) electrons. The standard InChI is InChI=1S/C15H19N3O5S/c1-9(18-22)11-4-6-12(7-5-11)16-15(21)17-13(14(20)23-3)8-24-10(2)19/h4-7,13,22H,8H2,1-3H3,(H2,16,17,21). The molecule has 1 aromatic carbocycles. The fraction of sp³-hybridized carbons (Fsp3) is 0.333. The number of amides is 2. The van der Waals surface area contributed by atoms with Crippen LogP contribution in [-0.2, 0) is 14.3 Å². The van der Waals surface area contributed by atoms with Gasteiger partial charge in [-0.25, -0.2) is 9.59 Å². The molecular formula is C15H19N3O5S. The normalized spacial score (nSPS) is 12.2. The third-order valence-corrected chi connectivity index (χ3v) is 3.86. The molecule has 0 aliphatic heterocycles. The van der Waals surface area contributed by atoms with Crippen molar-refractivity contribution in [2.24, 2.45) is 5.16 Å². The van der Waals surface area contributed by atoms with Gasteiger partial charge >= 0.3 is 12.0 Å². The van der Waals surface area contributed by atoms with E-state index >= 15 is 0 Å². The Labute approximate surface area is 143 Å². The highest BCUT2D eigenvalue weighted by Gasteiger charge is 2.22. The van der Waals surface area contributed by atoms with Crippen LogP contribution in [0.2, 0.25) is 0 Å². The van der Waals surface area contributed by atoms with Crippen LogP contribution in [0.15, 0.2) is 29.4 Å². The number of oxime groups is 1. The molecule has 130 valence electrons. The lowest BCUT2D eigenvalue weighted by Gasteiger charge is -2.16. The molecule has 1 atom stereocenters. The van der Waals surface area contributed by atoms with Gasteiger partial charge in [0.05, 0.1) is 12.8 Å². The topological polar surface area (TPSA) is 117 Å². The lowest BCUT2D eigenvalue weighted by atomic mass is 10.1. The molecule has 1 rings (SSSR count). The zero-order valence-electron chi connectivity index (χ0n) is 13.5. The molecule has 8 nitrogen and oxygen atoms in total. The Kier molecular flexibility index (Phi) is 7.76. The summed E-state index contributed by atoms with van der Waals surface area (Å²) in [5.41, 5.74) is 1.64. The summed E-state index contributed by atoms with van der Waals surface area (Å²) in [6.07, 6.45) is 0. The van der Waals surface area contributed by atoms with Crippen LogP contribution in [0.5, 0.6) is 0 Å². The predicted molar refractivity (Wildman–Crippen MR) is 91.5 cm³/mol. The van der Waals surface area contributed by atoms with Crippen molar-refractivity contribution < 1.29 is 24.3 Å². The second-order valence-electron chi connectivity index (χ2n) is 4.74. The summed E-state index contributed by atoms with van der Waals surface area (Å²) in [6, 6.07) is 5.06. The lowest BCUT2D eigenvalue weighted by molar-refractivity contribution is -0.142. The van der Waals surface area contributed by atoms with E-state index < -0.39 is 18.0 Å². The number of hydrogen-bond acceptors (Lipinski definition) is 7. The first-order valence-electron chi connectivity index (χ1n) is 6.95. The number of thioether (sulfide) groups is 1. The second kappa shape index (κ2) is 9.56. The molecule has 9 heteroatoms. The fourth-order valence-corrected chi connectivity index (χ4v) is 2.31. The molecule has 0 aromatic heterocycles. The van der Waals surface area contributed by atoms with E-state index in [9.17, 15) is 14.4 Å². The maximum Gasteiger partial charge on any atom is 0.329 e. The summed E-state index contributed by atoms with van der Waals surface area (Å²) in [6.45, 7) is 3.01. The number of rotatable bonds is 6. The first-order valence-corrected chi connectivity index (χ1v) is 7.93. The van der Waals surface area contributed by atoms with Gasteiger partial charge in [-0.05, 0) is 24.6 Å². The van der Waals surface area contributed by atoms with E-state index in [1.54, 1.807) is 31.2 Å². The van der Waals surface area contributed by atoms with Crippen molar-refractivity contribution in [2.45, 2.75) is 19.9 Å². The Hall–Kier alpha value is -2.55.